The molecule has 0 aliphatic heterocycles. The van der Waals surface area contributed by atoms with Crippen LogP contribution in [0.3, 0.4) is 0 Å². The third kappa shape index (κ3) is 3.38. The SMILES string of the molecule is O=C(NCCCn1ccnc1)c1ccc(-c2cn[nH]c2)nc1. The van der Waals surface area contributed by atoms with Crippen LogP contribution in [0.1, 0.15) is 16.8 Å². The van der Waals surface area contributed by atoms with Gasteiger partial charge in [0.25, 0.3) is 5.91 Å². The average molecular weight is 296 g/mol. The highest BCUT2D eigenvalue weighted by molar-refractivity contribution is 5.94. The smallest absolute Gasteiger partial charge is 0.252 e. The van der Waals surface area contributed by atoms with Crippen LogP contribution in [0.25, 0.3) is 11.3 Å². The number of pyridine rings is 1. The monoisotopic (exact) mass is 296 g/mol. The molecule has 0 bridgehead atoms. The van der Waals surface area contributed by atoms with E-state index < -0.39 is 0 Å². The molecule has 2 N–H and O–H groups in total. The maximum absolute atomic E-state index is 12.0. The van der Waals surface area contributed by atoms with Gasteiger partial charge in [-0.15, -0.1) is 0 Å². The van der Waals surface area contributed by atoms with Crippen LogP contribution in [0.4, 0.5) is 0 Å². The number of rotatable bonds is 6. The number of hydrogen-bond acceptors (Lipinski definition) is 4. The number of hydrogen-bond donors (Lipinski definition) is 2. The van der Waals surface area contributed by atoms with Gasteiger partial charge >= 0.3 is 0 Å². The molecule has 0 fully saturated rings. The molecule has 0 saturated heterocycles. The number of imidazole rings is 1. The van der Waals surface area contributed by atoms with Crippen molar-refractivity contribution in [2.45, 2.75) is 13.0 Å². The lowest BCUT2D eigenvalue weighted by molar-refractivity contribution is 0.0952. The molecule has 0 unspecified atom stereocenters. The van der Waals surface area contributed by atoms with E-state index in [1.54, 1.807) is 37.2 Å². The average Bonchev–Trinajstić information content (AvgIpc) is 3.25. The van der Waals surface area contributed by atoms with Gasteiger partial charge in [-0.3, -0.25) is 14.9 Å². The van der Waals surface area contributed by atoms with Crippen LogP contribution in [0.15, 0.2) is 49.4 Å². The summed E-state index contributed by atoms with van der Waals surface area (Å²) in [5.41, 5.74) is 2.23. The van der Waals surface area contributed by atoms with E-state index in [1.807, 2.05) is 16.8 Å². The lowest BCUT2D eigenvalue weighted by Crippen LogP contribution is -2.25. The summed E-state index contributed by atoms with van der Waals surface area (Å²) in [6.45, 7) is 1.44. The molecule has 1 amide bonds. The van der Waals surface area contributed by atoms with Crippen molar-refractivity contribution < 1.29 is 4.79 Å². The first kappa shape index (κ1) is 14.0. The summed E-state index contributed by atoms with van der Waals surface area (Å²) in [5, 5.41) is 9.50. The molecule has 22 heavy (non-hydrogen) atoms. The summed E-state index contributed by atoms with van der Waals surface area (Å²) in [4.78, 5) is 20.3. The Bertz CT molecular complexity index is 703. The van der Waals surface area contributed by atoms with E-state index in [2.05, 4.69) is 25.5 Å². The fourth-order valence-corrected chi connectivity index (χ4v) is 2.07. The molecule has 3 heterocycles. The number of carbonyl (C=O) groups excluding carboxylic acids is 1. The molecule has 0 spiro atoms. The van der Waals surface area contributed by atoms with E-state index >= 15 is 0 Å². The molecule has 112 valence electrons. The Hall–Kier alpha value is -2.96. The molecule has 0 atom stereocenters. The highest BCUT2D eigenvalue weighted by atomic mass is 16.1. The van der Waals surface area contributed by atoms with Gasteiger partial charge in [-0.25, -0.2) is 4.98 Å². The zero-order valence-corrected chi connectivity index (χ0v) is 11.9. The lowest BCUT2D eigenvalue weighted by Gasteiger charge is -2.06. The van der Waals surface area contributed by atoms with Crippen LogP contribution in [0.2, 0.25) is 0 Å². The number of aryl methyl sites for hydroxylation is 1. The molecule has 7 nitrogen and oxygen atoms in total. The number of nitrogens with zero attached hydrogens (tertiary/aromatic N) is 4. The van der Waals surface area contributed by atoms with Gasteiger partial charge in [-0.1, -0.05) is 0 Å². The van der Waals surface area contributed by atoms with Gasteiger partial charge in [-0.05, 0) is 18.6 Å². The largest absolute Gasteiger partial charge is 0.352 e. The summed E-state index contributed by atoms with van der Waals surface area (Å²) >= 11 is 0. The summed E-state index contributed by atoms with van der Waals surface area (Å²) in [6.07, 6.45) is 11.3. The number of aromatic amines is 1. The molecule has 3 aromatic heterocycles. The topological polar surface area (TPSA) is 88.5 Å². The summed E-state index contributed by atoms with van der Waals surface area (Å²) in [7, 11) is 0. The molecule has 0 aliphatic carbocycles. The second-order valence-electron chi connectivity index (χ2n) is 4.83. The maximum Gasteiger partial charge on any atom is 0.252 e. The van der Waals surface area contributed by atoms with Crippen molar-refractivity contribution in [3.05, 3.63) is 55.0 Å². The third-order valence-corrected chi connectivity index (χ3v) is 3.26. The zero-order valence-electron chi connectivity index (χ0n) is 11.9. The molecule has 3 aromatic rings. The number of nitrogens with one attached hydrogen (secondary N) is 2. The van der Waals surface area contributed by atoms with Gasteiger partial charge in [0.1, 0.15) is 0 Å². The Morgan fingerprint density at radius 1 is 1.32 bits per heavy atom. The van der Waals surface area contributed by atoms with Crippen LogP contribution < -0.4 is 5.32 Å². The number of H-pyrrole nitrogens is 1. The molecule has 3 rings (SSSR count). The Labute approximate surface area is 127 Å². The first-order valence-corrected chi connectivity index (χ1v) is 7.02. The Morgan fingerprint density at radius 2 is 2.27 bits per heavy atom. The van der Waals surface area contributed by atoms with Crippen LogP contribution in [-0.2, 0) is 6.54 Å². The standard InChI is InChI=1S/C15H16N6O/c22-15(17-4-1-6-21-7-5-16-11-21)12-2-3-14(18-8-12)13-9-19-20-10-13/h2-3,5,7-11H,1,4,6H2,(H,17,22)(H,19,20). The predicted molar refractivity (Wildman–Crippen MR) is 81.0 cm³/mol. The molecule has 0 aliphatic rings. The molecule has 0 aromatic carbocycles. The Kier molecular flexibility index (Phi) is 4.24. The van der Waals surface area contributed by atoms with Crippen LogP contribution in [-0.4, -0.2) is 37.2 Å². The predicted octanol–water partition coefficient (Wildman–Crippen LogP) is 1.49. The molecule has 7 heteroatoms. The van der Waals surface area contributed by atoms with Gasteiger partial charge < -0.3 is 9.88 Å². The van der Waals surface area contributed by atoms with Crippen LogP contribution in [0.5, 0.6) is 0 Å². The van der Waals surface area contributed by atoms with E-state index in [1.165, 1.54) is 0 Å². The van der Waals surface area contributed by atoms with Crippen LogP contribution in [0, 0.1) is 0 Å². The second-order valence-corrected chi connectivity index (χ2v) is 4.83. The minimum atomic E-state index is -0.114. The summed E-state index contributed by atoms with van der Waals surface area (Å²) in [6, 6.07) is 3.58. The molecule has 0 saturated carbocycles. The second kappa shape index (κ2) is 6.66. The quantitative estimate of drug-likeness (QED) is 0.674. The molecular weight excluding hydrogens is 280 g/mol. The van der Waals surface area contributed by atoms with Crippen molar-refractivity contribution in [2.75, 3.05) is 6.54 Å². The van der Waals surface area contributed by atoms with Gasteiger partial charge in [0.05, 0.1) is 23.8 Å². The van der Waals surface area contributed by atoms with Crippen LogP contribution >= 0.6 is 0 Å². The van der Waals surface area contributed by atoms with E-state index in [9.17, 15) is 4.79 Å². The normalized spacial score (nSPS) is 10.5. The fourth-order valence-electron chi connectivity index (χ4n) is 2.07. The highest BCUT2D eigenvalue weighted by Gasteiger charge is 2.06. The van der Waals surface area contributed by atoms with Crippen molar-refractivity contribution in [3.8, 4) is 11.3 Å². The van der Waals surface area contributed by atoms with Gasteiger partial charge in [0, 0.05) is 43.4 Å². The third-order valence-electron chi connectivity index (χ3n) is 3.26. The Balaban J connectivity index is 1.49. The maximum atomic E-state index is 12.0. The molecule has 0 radical (unpaired) electrons. The summed E-state index contributed by atoms with van der Waals surface area (Å²) in [5.74, 6) is -0.114. The minimum Gasteiger partial charge on any atom is -0.352 e. The van der Waals surface area contributed by atoms with Gasteiger partial charge in [0.2, 0.25) is 0 Å². The Morgan fingerprint density at radius 3 is 2.95 bits per heavy atom. The summed E-state index contributed by atoms with van der Waals surface area (Å²) < 4.78 is 1.98. The van der Waals surface area contributed by atoms with Crippen molar-refractivity contribution >= 4 is 5.91 Å². The van der Waals surface area contributed by atoms with Gasteiger partial charge in [-0.2, -0.15) is 5.10 Å². The van der Waals surface area contributed by atoms with Crippen molar-refractivity contribution in [1.29, 1.82) is 0 Å². The van der Waals surface area contributed by atoms with E-state index in [-0.39, 0.29) is 5.91 Å². The van der Waals surface area contributed by atoms with Gasteiger partial charge in [0.15, 0.2) is 0 Å². The number of amides is 1. The van der Waals surface area contributed by atoms with Crippen molar-refractivity contribution in [3.63, 3.8) is 0 Å². The number of carbonyl (C=O) groups is 1. The highest BCUT2D eigenvalue weighted by Crippen LogP contribution is 2.14. The van der Waals surface area contributed by atoms with E-state index in [0.29, 0.717) is 12.1 Å². The minimum absolute atomic E-state index is 0.114. The fraction of sp³-hybridized carbons (Fsp3) is 0.200. The number of aromatic nitrogens is 5. The van der Waals surface area contributed by atoms with E-state index in [4.69, 9.17) is 0 Å². The molecular formula is C15H16N6O. The van der Waals surface area contributed by atoms with E-state index in [0.717, 1.165) is 24.2 Å². The first-order valence-electron chi connectivity index (χ1n) is 7.02. The zero-order chi connectivity index (χ0) is 15.2. The first-order chi connectivity index (χ1) is 10.8. The lowest BCUT2D eigenvalue weighted by atomic mass is 10.2. The van der Waals surface area contributed by atoms with Crippen molar-refractivity contribution in [1.82, 2.24) is 30.0 Å². The van der Waals surface area contributed by atoms with Crippen molar-refractivity contribution in [2.24, 2.45) is 0 Å².